The number of anilines is 1. The number of sulfonamides is 1. The van der Waals surface area contributed by atoms with Crippen LogP contribution in [0.25, 0.3) is 0 Å². The van der Waals surface area contributed by atoms with E-state index >= 15 is 0 Å². The minimum Gasteiger partial charge on any atom is -0.385 e. The van der Waals surface area contributed by atoms with E-state index in [0.717, 1.165) is 6.42 Å². The smallest absolute Gasteiger partial charge is 0.244 e. The maximum Gasteiger partial charge on any atom is 0.244 e. The molecule has 0 unspecified atom stereocenters. The predicted molar refractivity (Wildman–Crippen MR) is 68.3 cm³/mol. The Morgan fingerprint density at radius 1 is 1.44 bits per heavy atom. The van der Waals surface area contributed by atoms with Crippen LogP contribution in [-0.2, 0) is 14.8 Å². The summed E-state index contributed by atoms with van der Waals surface area (Å²) in [6, 6.07) is 2.99. The van der Waals surface area contributed by atoms with Crippen LogP contribution in [0.3, 0.4) is 0 Å². The first kappa shape index (κ1) is 14.8. The third kappa shape index (κ3) is 4.22. The molecule has 0 fully saturated rings. The highest BCUT2D eigenvalue weighted by atomic mass is 32.2. The normalized spacial score (nSPS) is 11.4. The van der Waals surface area contributed by atoms with Gasteiger partial charge in [0.05, 0.1) is 0 Å². The van der Waals surface area contributed by atoms with Gasteiger partial charge >= 0.3 is 0 Å². The van der Waals surface area contributed by atoms with Crippen molar-refractivity contribution in [2.75, 3.05) is 25.7 Å². The van der Waals surface area contributed by atoms with Gasteiger partial charge in [0, 0.05) is 26.5 Å². The van der Waals surface area contributed by atoms with Gasteiger partial charge in [-0.1, -0.05) is 0 Å². The average molecular weight is 274 g/mol. The van der Waals surface area contributed by atoms with E-state index in [9.17, 15) is 8.42 Å². The van der Waals surface area contributed by atoms with Crippen molar-refractivity contribution >= 4 is 15.8 Å². The molecule has 1 aromatic rings. The Hall–Kier alpha value is -1.22. The monoisotopic (exact) mass is 274 g/mol. The molecule has 102 valence electrons. The first-order chi connectivity index (χ1) is 8.61. The second-order valence-electron chi connectivity index (χ2n) is 3.59. The molecule has 0 saturated heterocycles. The molecule has 8 heteroatoms. The van der Waals surface area contributed by atoms with Crippen molar-refractivity contribution in [3.63, 3.8) is 0 Å². The van der Waals surface area contributed by atoms with Crippen molar-refractivity contribution in [3.05, 3.63) is 18.3 Å². The molecule has 0 spiro atoms. The fraction of sp³-hybridized carbons (Fsp3) is 0.500. The summed E-state index contributed by atoms with van der Waals surface area (Å²) in [6.07, 6.45) is 2.97. The van der Waals surface area contributed by atoms with Crippen molar-refractivity contribution in [1.82, 2.24) is 9.71 Å². The van der Waals surface area contributed by atoms with Crippen molar-refractivity contribution in [2.24, 2.45) is 5.84 Å². The summed E-state index contributed by atoms with van der Waals surface area (Å²) in [6.45, 7) is 0.967. The third-order valence-corrected chi connectivity index (χ3v) is 3.76. The van der Waals surface area contributed by atoms with Crippen LogP contribution in [-0.4, -0.2) is 33.7 Å². The average Bonchev–Trinajstić information content (AvgIpc) is 2.38. The molecule has 0 aliphatic rings. The van der Waals surface area contributed by atoms with E-state index in [1.807, 2.05) is 0 Å². The summed E-state index contributed by atoms with van der Waals surface area (Å²) >= 11 is 0. The minimum absolute atomic E-state index is 0.0410. The Kier molecular flexibility index (Phi) is 5.99. The van der Waals surface area contributed by atoms with Crippen LogP contribution in [0.1, 0.15) is 12.8 Å². The van der Waals surface area contributed by atoms with E-state index in [1.54, 1.807) is 13.2 Å². The second kappa shape index (κ2) is 7.27. The minimum atomic E-state index is -3.59. The van der Waals surface area contributed by atoms with Gasteiger partial charge in [0.25, 0.3) is 0 Å². The zero-order chi connectivity index (χ0) is 13.4. The van der Waals surface area contributed by atoms with Gasteiger partial charge in [-0.15, -0.1) is 0 Å². The number of nitrogen functional groups attached to an aromatic ring is 1. The molecule has 0 aliphatic carbocycles. The third-order valence-electron chi connectivity index (χ3n) is 2.26. The topological polar surface area (TPSA) is 106 Å². The predicted octanol–water partition coefficient (Wildman–Crippen LogP) is 0.0721. The summed E-state index contributed by atoms with van der Waals surface area (Å²) in [7, 11) is -1.98. The number of methoxy groups -OCH3 is 1. The molecule has 0 aliphatic heterocycles. The molecule has 0 atom stereocenters. The fourth-order valence-corrected chi connectivity index (χ4v) is 2.56. The quantitative estimate of drug-likeness (QED) is 0.352. The number of nitrogens with zero attached hydrogens (tertiary/aromatic N) is 1. The van der Waals surface area contributed by atoms with E-state index < -0.39 is 10.0 Å². The number of rotatable bonds is 8. The lowest BCUT2D eigenvalue weighted by Crippen LogP contribution is -2.26. The Morgan fingerprint density at radius 2 is 2.22 bits per heavy atom. The number of hydrogen-bond acceptors (Lipinski definition) is 6. The van der Waals surface area contributed by atoms with Crippen LogP contribution in [0.2, 0.25) is 0 Å². The summed E-state index contributed by atoms with van der Waals surface area (Å²) in [4.78, 5) is 3.89. The maximum absolute atomic E-state index is 12.0. The van der Waals surface area contributed by atoms with Crippen LogP contribution in [0.15, 0.2) is 23.2 Å². The SMILES string of the molecule is COCCCCNS(=O)(=O)c1cccnc1NN. The van der Waals surface area contributed by atoms with Crippen molar-refractivity contribution in [2.45, 2.75) is 17.7 Å². The molecule has 0 saturated carbocycles. The summed E-state index contributed by atoms with van der Waals surface area (Å²) < 4.78 is 31.3. The van der Waals surface area contributed by atoms with Crippen molar-refractivity contribution in [1.29, 1.82) is 0 Å². The summed E-state index contributed by atoms with van der Waals surface area (Å²) in [5, 5.41) is 0. The zero-order valence-electron chi connectivity index (χ0n) is 10.2. The molecule has 0 aromatic carbocycles. The van der Waals surface area contributed by atoms with Crippen LogP contribution < -0.4 is 16.0 Å². The van der Waals surface area contributed by atoms with Crippen LogP contribution in [0, 0.1) is 0 Å². The Labute approximate surface area is 107 Å². The number of unbranched alkanes of at least 4 members (excludes halogenated alkanes) is 1. The highest BCUT2D eigenvalue weighted by Crippen LogP contribution is 2.16. The molecule has 1 heterocycles. The Bertz CT molecular complexity index is 464. The van der Waals surface area contributed by atoms with E-state index in [4.69, 9.17) is 10.6 Å². The first-order valence-corrected chi connectivity index (χ1v) is 7.00. The molecular formula is C10H18N4O3S. The Balaban J connectivity index is 2.63. The van der Waals surface area contributed by atoms with Gasteiger partial charge in [-0.3, -0.25) is 0 Å². The molecular weight excluding hydrogens is 256 g/mol. The van der Waals surface area contributed by atoms with E-state index in [0.29, 0.717) is 19.6 Å². The molecule has 7 nitrogen and oxygen atoms in total. The molecule has 1 rings (SSSR count). The van der Waals surface area contributed by atoms with E-state index in [1.165, 1.54) is 12.3 Å². The van der Waals surface area contributed by atoms with Gasteiger partial charge in [0.1, 0.15) is 4.90 Å². The number of ether oxygens (including phenoxy) is 1. The summed E-state index contributed by atoms with van der Waals surface area (Å²) in [5.41, 5.74) is 2.26. The number of nitrogens with one attached hydrogen (secondary N) is 2. The van der Waals surface area contributed by atoms with E-state index in [-0.39, 0.29) is 10.7 Å². The first-order valence-electron chi connectivity index (χ1n) is 5.52. The highest BCUT2D eigenvalue weighted by molar-refractivity contribution is 7.89. The largest absolute Gasteiger partial charge is 0.385 e. The maximum atomic E-state index is 12.0. The van der Waals surface area contributed by atoms with E-state index in [2.05, 4.69) is 15.1 Å². The van der Waals surface area contributed by atoms with Crippen LogP contribution in [0.4, 0.5) is 5.82 Å². The molecule has 4 N–H and O–H groups in total. The number of nitrogens with two attached hydrogens (primary N) is 1. The van der Waals surface area contributed by atoms with Gasteiger partial charge in [-0.2, -0.15) is 0 Å². The lowest BCUT2D eigenvalue weighted by atomic mass is 10.3. The number of aromatic nitrogens is 1. The number of hydrogen-bond donors (Lipinski definition) is 3. The Morgan fingerprint density at radius 3 is 2.89 bits per heavy atom. The molecule has 1 aromatic heterocycles. The van der Waals surface area contributed by atoms with Gasteiger partial charge < -0.3 is 10.2 Å². The van der Waals surface area contributed by atoms with Gasteiger partial charge in [-0.05, 0) is 25.0 Å². The molecule has 0 bridgehead atoms. The van der Waals surface area contributed by atoms with Gasteiger partial charge in [0.15, 0.2) is 5.82 Å². The summed E-state index contributed by atoms with van der Waals surface area (Å²) in [5.74, 6) is 5.35. The zero-order valence-corrected chi connectivity index (χ0v) is 11.0. The highest BCUT2D eigenvalue weighted by Gasteiger charge is 2.17. The number of hydrazine groups is 1. The lowest BCUT2D eigenvalue weighted by Gasteiger charge is -2.09. The molecule has 0 radical (unpaired) electrons. The van der Waals surface area contributed by atoms with Crippen molar-refractivity contribution in [3.8, 4) is 0 Å². The van der Waals surface area contributed by atoms with Gasteiger partial charge in [-0.25, -0.2) is 24.0 Å². The molecule has 0 amide bonds. The van der Waals surface area contributed by atoms with Crippen molar-refractivity contribution < 1.29 is 13.2 Å². The van der Waals surface area contributed by atoms with Crippen LogP contribution in [0.5, 0.6) is 0 Å². The number of pyridine rings is 1. The second-order valence-corrected chi connectivity index (χ2v) is 5.33. The standard InChI is InChI=1S/C10H18N4O3S/c1-17-8-3-2-7-13-18(15,16)9-5-4-6-12-10(9)14-11/h4-6,13H,2-3,7-8,11H2,1H3,(H,12,14). The lowest BCUT2D eigenvalue weighted by molar-refractivity contribution is 0.193. The van der Waals surface area contributed by atoms with Crippen LogP contribution >= 0.6 is 0 Å². The molecule has 18 heavy (non-hydrogen) atoms. The van der Waals surface area contributed by atoms with Gasteiger partial charge in [0.2, 0.25) is 10.0 Å². The fourth-order valence-electron chi connectivity index (χ4n) is 1.37.